The van der Waals surface area contributed by atoms with Crippen molar-refractivity contribution in [1.82, 2.24) is 0 Å². The third kappa shape index (κ3) is 4.10. The highest BCUT2D eigenvalue weighted by Gasteiger charge is 2.19. The first-order chi connectivity index (χ1) is 23.3. The highest BCUT2D eigenvalue weighted by atomic mass is 32.1. The van der Waals surface area contributed by atoms with Crippen molar-refractivity contribution in [3.8, 4) is 11.1 Å². The molecule has 0 saturated carbocycles. The highest BCUT2D eigenvalue weighted by Crippen LogP contribution is 2.46. The molecule has 0 N–H and O–H groups in total. The van der Waals surface area contributed by atoms with Crippen LogP contribution < -0.4 is 4.90 Å². The van der Waals surface area contributed by atoms with Crippen LogP contribution in [0.25, 0.3) is 74.8 Å². The Hall–Kier alpha value is -5.90. The third-order valence-electron chi connectivity index (χ3n) is 9.43. The highest BCUT2D eigenvalue weighted by molar-refractivity contribution is 7.27. The molecule has 0 radical (unpaired) electrons. The number of rotatable bonds is 4. The predicted octanol–water partition coefficient (Wildman–Crippen LogP) is 13.4. The molecule has 0 aliphatic rings. The van der Waals surface area contributed by atoms with E-state index < -0.39 is 0 Å². The van der Waals surface area contributed by atoms with Crippen molar-refractivity contribution >= 4 is 92.1 Å². The van der Waals surface area contributed by atoms with Gasteiger partial charge in [-0.05, 0) is 81.2 Å². The minimum absolute atomic E-state index is 0.887. The lowest BCUT2D eigenvalue weighted by atomic mass is 9.97. The first-order valence-electron chi connectivity index (χ1n) is 15.9. The molecule has 2 nitrogen and oxygen atoms in total. The van der Waals surface area contributed by atoms with Crippen LogP contribution in [0.3, 0.4) is 0 Å². The van der Waals surface area contributed by atoms with Gasteiger partial charge in [-0.25, -0.2) is 0 Å². The second-order valence-corrected chi connectivity index (χ2v) is 13.1. The van der Waals surface area contributed by atoms with Gasteiger partial charge in [-0.3, -0.25) is 0 Å². The Morgan fingerprint density at radius 3 is 1.96 bits per heavy atom. The standard InChI is InChI=1S/C44H27NOS/c1-2-14-31(15-3-1)45(32-16-8-13-30(26-32)35-19-9-12-28-10-4-6-17-34(28)35)33-21-23-39-41(27-33)46-40-25-24-38-37-22-20-29-11-5-7-18-36(29)43(37)47-44(38)42(39)40/h1-27H. The van der Waals surface area contributed by atoms with E-state index in [1.807, 2.05) is 11.3 Å². The summed E-state index contributed by atoms with van der Waals surface area (Å²) in [6.07, 6.45) is 0. The van der Waals surface area contributed by atoms with E-state index in [2.05, 4.69) is 169 Å². The van der Waals surface area contributed by atoms with Crippen LogP contribution >= 0.6 is 11.3 Å². The molecule has 0 fully saturated rings. The second-order valence-electron chi connectivity index (χ2n) is 12.1. The number of thiophene rings is 1. The van der Waals surface area contributed by atoms with Gasteiger partial charge in [0.1, 0.15) is 11.2 Å². The molecule has 0 unspecified atom stereocenters. The van der Waals surface area contributed by atoms with Crippen molar-refractivity contribution in [2.24, 2.45) is 0 Å². The summed E-state index contributed by atoms with van der Waals surface area (Å²) in [4.78, 5) is 2.32. The summed E-state index contributed by atoms with van der Waals surface area (Å²) in [5.74, 6) is 0. The fourth-order valence-electron chi connectivity index (χ4n) is 7.26. The molecule has 2 aromatic heterocycles. The minimum Gasteiger partial charge on any atom is -0.456 e. The van der Waals surface area contributed by atoms with Gasteiger partial charge in [-0.15, -0.1) is 11.3 Å². The van der Waals surface area contributed by atoms with Crippen LogP contribution in [0.4, 0.5) is 17.1 Å². The maximum absolute atomic E-state index is 6.63. The fourth-order valence-corrected chi connectivity index (χ4v) is 8.65. The van der Waals surface area contributed by atoms with Gasteiger partial charge in [0.25, 0.3) is 0 Å². The van der Waals surface area contributed by atoms with E-state index >= 15 is 0 Å². The Morgan fingerprint density at radius 1 is 0.404 bits per heavy atom. The van der Waals surface area contributed by atoms with Crippen molar-refractivity contribution in [1.29, 1.82) is 0 Å². The van der Waals surface area contributed by atoms with Gasteiger partial charge in [-0.2, -0.15) is 0 Å². The maximum atomic E-state index is 6.63. The average molecular weight is 618 g/mol. The fraction of sp³-hybridized carbons (Fsp3) is 0. The minimum atomic E-state index is 0.887. The lowest BCUT2D eigenvalue weighted by molar-refractivity contribution is 0.669. The van der Waals surface area contributed by atoms with E-state index in [0.29, 0.717) is 0 Å². The Morgan fingerprint density at radius 2 is 1.06 bits per heavy atom. The molecule has 8 aromatic carbocycles. The molecular formula is C44H27NOS. The van der Waals surface area contributed by atoms with Gasteiger partial charge < -0.3 is 9.32 Å². The van der Waals surface area contributed by atoms with E-state index in [-0.39, 0.29) is 0 Å². The number of para-hydroxylation sites is 1. The third-order valence-corrected chi connectivity index (χ3v) is 10.7. The summed E-state index contributed by atoms with van der Waals surface area (Å²) in [6.45, 7) is 0. The lowest BCUT2D eigenvalue weighted by Crippen LogP contribution is -2.09. The van der Waals surface area contributed by atoms with E-state index in [0.717, 1.165) is 33.6 Å². The predicted molar refractivity (Wildman–Crippen MR) is 202 cm³/mol. The number of hydrogen-bond acceptors (Lipinski definition) is 3. The molecule has 10 rings (SSSR count). The molecule has 0 saturated heterocycles. The van der Waals surface area contributed by atoms with Crippen LogP contribution in [0.1, 0.15) is 0 Å². The number of hydrogen-bond donors (Lipinski definition) is 0. The van der Waals surface area contributed by atoms with Gasteiger partial charge in [-0.1, -0.05) is 109 Å². The molecule has 0 amide bonds. The molecule has 47 heavy (non-hydrogen) atoms. The summed E-state index contributed by atoms with van der Waals surface area (Å²) in [5.41, 5.74) is 7.46. The summed E-state index contributed by atoms with van der Waals surface area (Å²) in [7, 11) is 0. The Bertz CT molecular complexity index is 2800. The molecule has 0 aliphatic heterocycles. The number of furan rings is 1. The van der Waals surface area contributed by atoms with Gasteiger partial charge >= 0.3 is 0 Å². The first-order valence-corrected chi connectivity index (χ1v) is 16.7. The van der Waals surface area contributed by atoms with Gasteiger partial charge in [0.05, 0.1) is 0 Å². The summed E-state index contributed by atoms with van der Waals surface area (Å²) in [5, 5.41) is 9.99. The van der Waals surface area contributed by atoms with Crippen LogP contribution in [0, 0.1) is 0 Å². The van der Waals surface area contributed by atoms with Crippen LogP contribution in [0.15, 0.2) is 168 Å². The topological polar surface area (TPSA) is 16.4 Å². The van der Waals surface area contributed by atoms with E-state index in [9.17, 15) is 0 Å². The van der Waals surface area contributed by atoms with Crippen LogP contribution in [0.2, 0.25) is 0 Å². The maximum Gasteiger partial charge on any atom is 0.137 e. The Labute approximate surface area is 275 Å². The SMILES string of the molecule is c1ccc(N(c2cccc(-c3cccc4ccccc34)c2)c2ccc3c(c2)oc2ccc4c5ccc6ccccc6c5sc4c23)cc1. The van der Waals surface area contributed by atoms with Crippen molar-refractivity contribution in [2.45, 2.75) is 0 Å². The summed E-state index contributed by atoms with van der Waals surface area (Å²) in [6, 6.07) is 58.8. The van der Waals surface area contributed by atoms with Gasteiger partial charge in [0.2, 0.25) is 0 Å². The number of fused-ring (bicyclic) bond motifs is 10. The molecule has 0 bridgehead atoms. The van der Waals surface area contributed by atoms with Crippen molar-refractivity contribution in [3.63, 3.8) is 0 Å². The largest absolute Gasteiger partial charge is 0.456 e. The van der Waals surface area contributed by atoms with Crippen LogP contribution in [-0.4, -0.2) is 0 Å². The molecule has 220 valence electrons. The zero-order valence-electron chi connectivity index (χ0n) is 25.4. The Kier molecular flexibility index (Phi) is 5.78. The average Bonchev–Trinajstić information content (AvgIpc) is 3.70. The molecule has 3 heteroatoms. The van der Waals surface area contributed by atoms with Gasteiger partial charge in [0.15, 0.2) is 0 Å². The van der Waals surface area contributed by atoms with Crippen LogP contribution in [0.5, 0.6) is 0 Å². The Balaban J connectivity index is 1.16. The summed E-state index contributed by atoms with van der Waals surface area (Å²) >= 11 is 1.87. The quantitative estimate of drug-likeness (QED) is 0.195. The smallest absolute Gasteiger partial charge is 0.137 e. The number of anilines is 3. The van der Waals surface area contributed by atoms with Crippen molar-refractivity contribution in [2.75, 3.05) is 4.90 Å². The molecule has 2 heterocycles. The molecular weight excluding hydrogens is 591 g/mol. The first kappa shape index (κ1) is 26.3. The molecule has 0 spiro atoms. The van der Waals surface area contributed by atoms with E-state index in [1.54, 1.807) is 0 Å². The lowest BCUT2D eigenvalue weighted by Gasteiger charge is -2.26. The van der Waals surface area contributed by atoms with Gasteiger partial charge in [0, 0.05) is 54.1 Å². The van der Waals surface area contributed by atoms with E-state index in [4.69, 9.17) is 4.42 Å². The number of nitrogens with zero attached hydrogens (tertiary/aromatic N) is 1. The summed E-state index contributed by atoms with van der Waals surface area (Å²) < 4.78 is 9.24. The number of benzene rings is 8. The molecule has 0 aliphatic carbocycles. The zero-order valence-corrected chi connectivity index (χ0v) is 26.2. The van der Waals surface area contributed by atoms with Crippen molar-refractivity contribution in [3.05, 3.63) is 164 Å². The monoisotopic (exact) mass is 617 g/mol. The normalized spacial score (nSPS) is 11.8. The molecule has 0 atom stereocenters. The zero-order chi connectivity index (χ0) is 30.9. The second kappa shape index (κ2) is 10.3. The van der Waals surface area contributed by atoms with Crippen LogP contribution in [-0.2, 0) is 0 Å². The molecule has 10 aromatic rings. The van der Waals surface area contributed by atoms with Crippen molar-refractivity contribution < 1.29 is 4.42 Å². The van der Waals surface area contributed by atoms with E-state index in [1.165, 1.54) is 58.2 Å².